The van der Waals surface area contributed by atoms with Crippen molar-refractivity contribution in [3.8, 4) is 17.1 Å². The molecule has 4 heterocycles. The van der Waals surface area contributed by atoms with Gasteiger partial charge in [-0.2, -0.15) is 0 Å². The number of carbonyl (C=O) groups excluding carboxylic acids is 8. The van der Waals surface area contributed by atoms with Crippen molar-refractivity contribution in [2.75, 3.05) is 53.1 Å². The number of nitrogens with one attached hydrogen (secondary N) is 4. The highest BCUT2D eigenvalue weighted by molar-refractivity contribution is 5.99. The SMILES string of the molecule is CCc1c2c(nc3ccc(OC(=O)N(C)CCN(C)C(=O)OCc4ccc(NC(=O)[C@H](CCCNC(N)=O)NC(=O)[C@@H](NC(=O)CCC(=O)C(C)C)C(C)C)cc4)c(CN(C)C)c13)-c1cc3c(c(=O)n1C2)COC(=O)[C@]3(O)CC. The van der Waals surface area contributed by atoms with Crippen LogP contribution >= 0.6 is 0 Å². The van der Waals surface area contributed by atoms with Crippen molar-refractivity contribution in [1.82, 2.24) is 40.2 Å². The first-order valence-corrected chi connectivity index (χ1v) is 26.5. The minimum atomic E-state index is -1.96. The number of hydrogen-bond donors (Lipinski definition) is 6. The number of benzene rings is 2. The number of hydrogen-bond acceptors (Lipinski definition) is 15. The van der Waals surface area contributed by atoms with E-state index < -0.39 is 59.6 Å². The Kier molecular flexibility index (Phi) is 20.0. The molecule has 0 aliphatic carbocycles. The topological polar surface area (TPSA) is 303 Å². The number of urea groups is 1. The van der Waals surface area contributed by atoms with E-state index in [2.05, 4.69) is 21.3 Å². The molecule has 0 unspecified atom stereocenters. The van der Waals surface area contributed by atoms with Crippen LogP contribution in [-0.2, 0) is 71.8 Å². The van der Waals surface area contributed by atoms with Crippen LogP contribution in [0.5, 0.6) is 5.75 Å². The highest BCUT2D eigenvalue weighted by Crippen LogP contribution is 2.42. The number of likely N-dealkylation sites (N-methyl/N-ethyl adjacent to an activating group) is 2. The third kappa shape index (κ3) is 14.2. The molecule has 2 aliphatic rings. The zero-order valence-corrected chi connectivity index (χ0v) is 46.7. The van der Waals surface area contributed by atoms with Gasteiger partial charge in [-0.1, -0.05) is 53.7 Å². The molecule has 23 heteroatoms. The van der Waals surface area contributed by atoms with Crippen molar-refractivity contribution >= 4 is 64.3 Å². The number of Topliss-reactive ketones (excluding diaryl/α,β-unsaturated/α-hetero) is 1. The number of fused-ring (bicyclic) bond motifs is 5. The number of aryl methyl sites for hydroxylation is 1. The lowest BCUT2D eigenvalue weighted by atomic mass is 9.86. The van der Waals surface area contributed by atoms with Gasteiger partial charge in [0.25, 0.3) is 5.56 Å². The van der Waals surface area contributed by atoms with E-state index in [0.717, 1.165) is 16.5 Å². The molecule has 6 rings (SSSR count). The van der Waals surface area contributed by atoms with E-state index in [0.29, 0.717) is 52.4 Å². The standard InChI is InChI=1S/C56H74N10O13/c1-11-35-36-28-66-42(26-39-38(51(66)71)30-77-52(72)56(39,76)12-2)48(36)60-40-19-21-44(37(46(35)40)27-63(7)8)79-55(75)65(10)25-24-64(9)54(74)78-29-33-15-17-34(18-16-33)59-49(69)41(14-13-23-58-53(57)73)61-50(70)47(32(5)6)62-45(68)22-20-43(67)31(3)4/h15-19,21,26,31-32,41,47,76H,11-14,20,22-25,27-30H2,1-10H3,(H,59,69)(H,61,70)(H,62,68)(H3,57,58,73)/t41-,47-,56-/m0/s1. The molecular weight excluding hydrogens is 1020 g/mol. The molecule has 0 saturated heterocycles. The number of nitrogens with zero attached hydrogens (tertiary/aromatic N) is 5. The summed E-state index contributed by atoms with van der Waals surface area (Å²) in [6, 6.07) is 8.79. The predicted octanol–water partition coefficient (Wildman–Crippen LogP) is 4.42. The number of primary amides is 1. The lowest BCUT2D eigenvalue weighted by Gasteiger charge is -2.31. The second-order valence-corrected chi connectivity index (χ2v) is 20.9. The van der Waals surface area contributed by atoms with E-state index >= 15 is 0 Å². The molecule has 0 saturated carbocycles. The molecular formula is C56H74N10O13. The predicted molar refractivity (Wildman–Crippen MR) is 292 cm³/mol. The number of esters is 1. The number of aliphatic hydroxyl groups is 1. The molecule has 7 amide bonds. The summed E-state index contributed by atoms with van der Waals surface area (Å²) >= 11 is 0. The number of carbonyl (C=O) groups is 8. The Morgan fingerprint density at radius 1 is 0.873 bits per heavy atom. The van der Waals surface area contributed by atoms with Crippen LogP contribution in [0.2, 0.25) is 0 Å². The van der Waals surface area contributed by atoms with E-state index in [-0.39, 0.29) is 106 Å². The molecule has 79 heavy (non-hydrogen) atoms. The number of ether oxygens (including phenoxy) is 3. The van der Waals surface area contributed by atoms with Gasteiger partial charge in [0.05, 0.1) is 29.0 Å². The molecule has 2 aromatic carbocycles. The maximum absolute atomic E-state index is 13.9. The Labute approximate surface area is 458 Å². The number of ketones is 1. The van der Waals surface area contributed by atoms with Crippen molar-refractivity contribution in [3.05, 3.63) is 86.2 Å². The number of amides is 7. The summed E-state index contributed by atoms with van der Waals surface area (Å²) in [6.07, 6.45) is -0.421. The summed E-state index contributed by atoms with van der Waals surface area (Å²) in [6.45, 7) is 11.2. The average Bonchev–Trinajstić information content (AvgIpc) is 4.07. The third-order valence-corrected chi connectivity index (χ3v) is 14.1. The Morgan fingerprint density at radius 3 is 2.18 bits per heavy atom. The number of pyridine rings is 2. The van der Waals surface area contributed by atoms with E-state index in [1.54, 1.807) is 88.7 Å². The van der Waals surface area contributed by atoms with Crippen LogP contribution < -0.4 is 37.3 Å². The fraction of sp³-hybridized carbons (Fsp3) is 0.500. The Bertz CT molecular complexity index is 3050. The first-order chi connectivity index (χ1) is 37.4. The summed E-state index contributed by atoms with van der Waals surface area (Å²) in [5.74, 6) is -2.79. The van der Waals surface area contributed by atoms with Crippen LogP contribution in [0.1, 0.15) is 107 Å². The van der Waals surface area contributed by atoms with E-state index in [1.165, 1.54) is 16.8 Å². The smallest absolute Gasteiger partial charge is 0.415 e. The molecule has 7 N–H and O–H groups in total. The molecule has 3 atom stereocenters. The van der Waals surface area contributed by atoms with Crippen LogP contribution in [-0.4, -0.2) is 137 Å². The van der Waals surface area contributed by atoms with Crippen molar-refractivity contribution in [2.24, 2.45) is 17.6 Å². The maximum atomic E-state index is 13.9. The van der Waals surface area contributed by atoms with Gasteiger partial charge in [-0.05, 0) is 87.2 Å². The van der Waals surface area contributed by atoms with Crippen molar-refractivity contribution in [1.29, 1.82) is 0 Å². The third-order valence-electron chi connectivity index (χ3n) is 14.1. The zero-order valence-electron chi connectivity index (χ0n) is 46.7. The minimum Gasteiger partial charge on any atom is -0.458 e. The largest absolute Gasteiger partial charge is 0.458 e. The van der Waals surface area contributed by atoms with Gasteiger partial charge in [0, 0.05) is 86.8 Å². The highest BCUT2D eigenvalue weighted by Gasteiger charge is 2.45. The molecule has 0 fully saturated rings. The number of cyclic esters (lactones) is 1. The second-order valence-electron chi connectivity index (χ2n) is 20.9. The van der Waals surface area contributed by atoms with Gasteiger partial charge in [0.15, 0.2) is 5.60 Å². The van der Waals surface area contributed by atoms with Crippen LogP contribution in [0.4, 0.5) is 20.1 Å². The average molecular weight is 1100 g/mol. The van der Waals surface area contributed by atoms with E-state index in [1.807, 2.05) is 25.9 Å². The number of anilines is 1. The molecule has 2 aromatic heterocycles. The normalized spacial score (nSPS) is 15.1. The van der Waals surface area contributed by atoms with Gasteiger partial charge in [-0.25, -0.2) is 24.2 Å². The molecule has 2 aliphatic heterocycles. The van der Waals surface area contributed by atoms with Crippen LogP contribution in [0.3, 0.4) is 0 Å². The highest BCUT2D eigenvalue weighted by atomic mass is 16.6. The van der Waals surface area contributed by atoms with Gasteiger partial charge in [-0.15, -0.1) is 0 Å². The second kappa shape index (κ2) is 26.2. The molecule has 4 aromatic rings. The van der Waals surface area contributed by atoms with Gasteiger partial charge in [-0.3, -0.25) is 24.0 Å². The Balaban J connectivity index is 1.05. The van der Waals surface area contributed by atoms with E-state index in [4.69, 9.17) is 24.9 Å². The monoisotopic (exact) mass is 1090 g/mol. The summed E-state index contributed by atoms with van der Waals surface area (Å²) in [5, 5.41) is 22.8. The lowest BCUT2D eigenvalue weighted by Crippen LogP contribution is -2.54. The molecule has 426 valence electrons. The van der Waals surface area contributed by atoms with Crippen LogP contribution in [0.15, 0.2) is 47.3 Å². The lowest BCUT2D eigenvalue weighted by molar-refractivity contribution is -0.172. The summed E-state index contributed by atoms with van der Waals surface area (Å²) in [7, 11) is 6.86. The van der Waals surface area contributed by atoms with Crippen LogP contribution in [0.25, 0.3) is 22.3 Å². The van der Waals surface area contributed by atoms with Crippen molar-refractivity contribution in [2.45, 2.75) is 124 Å². The molecule has 0 bridgehead atoms. The summed E-state index contributed by atoms with van der Waals surface area (Å²) < 4.78 is 18.4. The van der Waals surface area contributed by atoms with Gasteiger partial charge in [0.2, 0.25) is 17.7 Å². The zero-order chi connectivity index (χ0) is 58.0. The molecule has 0 spiro atoms. The molecule has 23 nitrogen and oxygen atoms in total. The van der Waals surface area contributed by atoms with Crippen LogP contribution in [0, 0.1) is 11.8 Å². The van der Waals surface area contributed by atoms with Gasteiger partial charge < -0.3 is 65.6 Å². The maximum Gasteiger partial charge on any atom is 0.415 e. The summed E-state index contributed by atoms with van der Waals surface area (Å²) in [4.78, 5) is 126. The first kappa shape index (κ1) is 60.3. The van der Waals surface area contributed by atoms with Crippen molar-refractivity contribution in [3.63, 3.8) is 0 Å². The Hall–Kier alpha value is -7.92. The van der Waals surface area contributed by atoms with E-state index in [9.17, 15) is 48.3 Å². The van der Waals surface area contributed by atoms with Crippen molar-refractivity contribution < 1.29 is 57.7 Å². The van der Waals surface area contributed by atoms with Gasteiger partial charge in [0.1, 0.15) is 36.8 Å². The minimum absolute atomic E-state index is 0.0215. The fourth-order valence-electron chi connectivity index (χ4n) is 9.46. The summed E-state index contributed by atoms with van der Waals surface area (Å²) in [5.41, 5.74) is 8.40. The van der Waals surface area contributed by atoms with Gasteiger partial charge >= 0.3 is 24.2 Å². The molecule has 0 radical (unpaired) electrons. The Morgan fingerprint density at radius 2 is 1.56 bits per heavy atom. The quantitative estimate of drug-likeness (QED) is 0.0368. The number of aromatic nitrogens is 2. The number of nitrogens with two attached hydrogens (primary N) is 1. The first-order valence-electron chi connectivity index (χ1n) is 26.5. The number of rotatable bonds is 24. The fourth-order valence-corrected chi connectivity index (χ4v) is 9.46.